The lowest BCUT2D eigenvalue weighted by atomic mass is 10.5. The van der Waals surface area contributed by atoms with E-state index in [9.17, 15) is 38.4 Å². The molecular weight excluding hydrogens is 1680 g/mol. The van der Waals surface area contributed by atoms with Crippen LogP contribution in [0.1, 0.15) is 25.7 Å². The van der Waals surface area contributed by atoms with Gasteiger partial charge in [-0.15, -0.1) is 0 Å². The van der Waals surface area contributed by atoms with E-state index < -0.39 is 176 Å². The van der Waals surface area contributed by atoms with E-state index in [0.717, 1.165) is 24.3 Å². The van der Waals surface area contributed by atoms with E-state index in [-0.39, 0.29) is 132 Å². The first-order chi connectivity index (χ1) is 51.4. The maximum Gasteiger partial charge on any atom is 0.643 e. The summed E-state index contributed by atoms with van der Waals surface area (Å²) in [5.74, 6) is -2.50. The minimum atomic E-state index is -4.74. The van der Waals surface area contributed by atoms with Crippen LogP contribution in [0.5, 0.6) is 0 Å². The molecular formula is C52H96N4O38Si14. The molecule has 0 aromatic carbocycles. The first-order valence-corrected chi connectivity index (χ1v) is 59.4. The normalized spacial score (nSPS) is 17.6. The molecule has 6 heterocycles. The Morgan fingerprint density at radius 1 is 0.287 bits per heavy atom. The van der Waals surface area contributed by atoms with Crippen molar-refractivity contribution >= 4 is 176 Å². The lowest BCUT2D eigenvalue weighted by molar-refractivity contribution is -0.138. The van der Waals surface area contributed by atoms with Crippen LogP contribution in [0.3, 0.4) is 0 Å². The van der Waals surface area contributed by atoms with Gasteiger partial charge in [-0.3, -0.25) is 0 Å². The van der Waals surface area contributed by atoms with Gasteiger partial charge in [0.15, 0.2) is 33.3 Å². The van der Waals surface area contributed by atoms with Crippen molar-refractivity contribution in [3.05, 3.63) is 50.6 Å². The summed E-state index contributed by atoms with van der Waals surface area (Å²) in [6.45, 7) is 29.5. The van der Waals surface area contributed by atoms with Crippen LogP contribution in [-0.4, -0.2) is 308 Å². The van der Waals surface area contributed by atoms with Gasteiger partial charge in [-0.05, 0) is 102 Å². The van der Waals surface area contributed by atoms with E-state index in [4.69, 9.17) is 131 Å². The highest BCUT2D eigenvalue weighted by atomic mass is 28.6. The molecule has 108 heavy (non-hydrogen) atoms. The van der Waals surface area contributed by atoms with Crippen molar-refractivity contribution in [3.63, 3.8) is 0 Å². The SMILES string of the molecule is C=CC(=O)OCCNC(=O)OCCOCCC[Si](C)(C)O[Si]1(O[Si](C)(C)CCCOCCOC(=O)NCCOC(=O)C=C)O[Si]2O[Si]3O[Si]4O[Si](O[Si]5O[Si](O2)O[Si](O3)O[Si](O[Si](C)(C)CCCOCCOC(=O)NCCOC(=O)C=C)(O[Si](C)(C)CCCOCCOC(=O)NCCOC(=O)C=C)O[Si](O4)O5)O1. The average Bonchev–Trinajstić information content (AvgIpc) is 0.766. The molecule has 0 aromatic rings. The van der Waals surface area contributed by atoms with Gasteiger partial charge in [-0.2, -0.15) is 0 Å². The second-order valence-electron chi connectivity index (χ2n) is 24.5. The number of amides is 4. The van der Waals surface area contributed by atoms with Crippen molar-refractivity contribution < 1.29 is 169 Å². The molecule has 42 nitrogen and oxygen atoms in total. The Morgan fingerprint density at radius 3 is 0.676 bits per heavy atom. The summed E-state index contributed by atoms with van der Waals surface area (Å²) in [6.07, 6.45) is 2.96. The number of hydrogen-bond donors (Lipinski definition) is 4. The van der Waals surface area contributed by atoms with Crippen molar-refractivity contribution in [2.45, 2.75) is 102 Å². The molecule has 0 aliphatic carbocycles. The van der Waals surface area contributed by atoms with Crippen LogP contribution in [-0.2, 0) is 150 Å². The number of rotatable bonds is 52. The highest BCUT2D eigenvalue weighted by molar-refractivity contribution is 6.91. The Morgan fingerprint density at radius 2 is 0.481 bits per heavy atom. The summed E-state index contributed by atoms with van der Waals surface area (Å²) in [5, 5.41) is 9.91. The molecule has 6 aliphatic heterocycles. The van der Waals surface area contributed by atoms with Gasteiger partial charge in [0, 0.05) is 50.7 Å². The number of fused-ring (bicyclic) bond motifs is 4. The Kier molecular flexibility index (Phi) is 44.1. The van der Waals surface area contributed by atoms with E-state index in [1.165, 1.54) is 0 Å². The maximum absolute atomic E-state index is 12.2. The first-order valence-electron chi connectivity index (χ1n) is 33.8. The summed E-state index contributed by atoms with van der Waals surface area (Å²) in [5.41, 5.74) is 0. The van der Waals surface area contributed by atoms with Gasteiger partial charge in [-0.1, -0.05) is 26.3 Å². The van der Waals surface area contributed by atoms with Gasteiger partial charge in [0.25, 0.3) is 0 Å². The highest BCUT2D eigenvalue weighted by Crippen LogP contribution is 2.36. The Hall–Kier alpha value is -3.92. The number of carbonyl (C=O) groups is 8. The molecule has 0 spiro atoms. The first kappa shape index (κ1) is 94.7. The summed E-state index contributed by atoms with van der Waals surface area (Å²) < 4.78 is 186. The fourth-order valence-electron chi connectivity index (χ4n) is 8.64. The van der Waals surface area contributed by atoms with Crippen LogP contribution < -0.4 is 21.3 Å². The van der Waals surface area contributed by atoms with Gasteiger partial charge in [-0.25, -0.2) is 38.4 Å². The van der Waals surface area contributed by atoms with Crippen molar-refractivity contribution in [1.82, 2.24) is 21.3 Å². The zero-order valence-electron chi connectivity index (χ0n) is 61.5. The summed E-state index contributed by atoms with van der Waals surface area (Å²) in [6, 6.07) is 1.75. The van der Waals surface area contributed by atoms with Gasteiger partial charge in [0.2, 0.25) is 0 Å². The lowest BCUT2D eigenvalue weighted by Crippen LogP contribution is -2.72. The standard InChI is InChI=1S/C52H96N4O38Si14/c1-13-45(57)69-29-21-53-49(61)73-37-33-65-25-17-41-103(5,6)91-107(92-104(7,8)42-18-26-66-34-38-74-50(62)54-22-30-70-46(58)14-2)87-99-79-95-77-96-80-100(88-107)82-98-78-97(81-99)85-101(83-95)89-108(90-102(84-96)86-98,93-105(9,10)43-19-27-67-35-39-75-51(63)55-23-31-71-47(59)15-3)94-106(11,12)44-20-28-68-36-40-76-52(64)56-24-32-72-48(60)16-4/h13-16H,1-4,17-44H2,5-12H3,(H,53,61)(H,54,62)(H,55,63)(H,56,64). The molecule has 8 radical (unpaired) electrons. The Bertz CT molecular complexity index is 2460. The minimum absolute atomic E-state index is 0.0280. The Labute approximate surface area is 647 Å². The van der Waals surface area contributed by atoms with Crippen LogP contribution in [0.15, 0.2) is 50.6 Å². The number of esters is 4. The Balaban J connectivity index is 1.35. The summed E-state index contributed by atoms with van der Waals surface area (Å²) in [4.78, 5) is 94.0. The predicted molar refractivity (Wildman–Crippen MR) is 390 cm³/mol. The number of hydrogen-bond acceptors (Lipinski definition) is 38. The van der Waals surface area contributed by atoms with E-state index >= 15 is 0 Å². The number of nitrogens with one attached hydrogen (secondary N) is 4. The molecule has 0 atom stereocenters. The average molecular weight is 1780 g/mol. The van der Waals surface area contributed by atoms with Crippen molar-refractivity contribution in [3.8, 4) is 0 Å². The van der Waals surface area contributed by atoms with Crippen LogP contribution >= 0.6 is 0 Å². The monoisotopic (exact) mass is 1780 g/mol. The van der Waals surface area contributed by atoms with Crippen LogP contribution in [0.25, 0.3) is 0 Å². The second-order valence-corrected chi connectivity index (χ2v) is 61.3. The lowest BCUT2D eigenvalue weighted by Gasteiger charge is -2.46. The third-order valence-electron chi connectivity index (χ3n) is 13.3. The molecule has 608 valence electrons. The van der Waals surface area contributed by atoms with E-state index in [1.807, 2.05) is 52.4 Å². The number of carbonyl (C=O) groups excluding carboxylic acids is 8. The van der Waals surface area contributed by atoms with E-state index in [0.29, 0.717) is 49.9 Å². The molecule has 6 fully saturated rings. The molecule has 4 amide bonds. The molecule has 6 aliphatic rings. The fourth-order valence-corrected chi connectivity index (χ4v) is 53.3. The molecule has 0 unspecified atom stereocenters. The van der Waals surface area contributed by atoms with Crippen molar-refractivity contribution in [2.75, 3.05) is 132 Å². The van der Waals surface area contributed by atoms with Crippen LogP contribution in [0.4, 0.5) is 19.2 Å². The van der Waals surface area contributed by atoms with Gasteiger partial charge in [0.05, 0.1) is 52.6 Å². The van der Waals surface area contributed by atoms with Crippen LogP contribution in [0.2, 0.25) is 76.6 Å². The highest BCUT2D eigenvalue weighted by Gasteiger charge is 2.68. The summed E-state index contributed by atoms with van der Waals surface area (Å²) >= 11 is 0. The molecule has 0 aromatic heterocycles. The van der Waals surface area contributed by atoms with Crippen molar-refractivity contribution in [1.29, 1.82) is 0 Å². The van der Waals surface area contributed by atoms with Crippen LogP contribution in [0, 0.1) is 0 Å². The maximum atomic E-state index is 12.2. The third-order valence-corrected chi connectivity index (χ3v) is 52.4. The molecule has 8 bridgehead atoms. The van der Waals surface area contributed by atoms with Gasteiger partial charge in [0.1, 0.15) is 52.9 Å². The largest absolute Gasteiger partial charge is 0.643 e. The topological polar surface area (TPSA) is 462 Å². The van der Waals surface area contributed by atoms with Gasteiger partial charge < -0.3 is 152 Å². The molecule has 6 saturated heterocycles. The molecule has 6 rings (SSSR count). The minimum Gasteiger partial charge on any atom is -0.461 e. The smallest absolute Gasteiger partial charge is 0.461 e. The zero-order valence-corrected chi connectivity index (χ0v) is 75.5. The van der Waals surface area contributed by atoms with E-state index in [2.05, 4.69) is 47.6 Å². The molecule has 4 N–H and O–H groups in total. The van der Waals surface area contributed by atoms with Gasteiger partial charge >= 0.3 is 143 Å². The zero-order chi connectivity index (χ0) is 78.9. The van der Waals surface area contributed by atoms with E-state index in [1.54, 1.807) is 0 Å². The number of ether oxygens (including phenoxy) is 12. The molecule has 0 saturated carbocycles. The fraction of sp³-hybridized carbons (Fsp3) is 0.692. The van der Waals surface area contributed by atoms with Crippen molar-refractivity contribution in [2.24, 2.45) is 0 Å². The molecule has 56 heteroatoms. The second kappa shape index (κ2) is 50.3. The predicted octanol–water partition coefficient (Wildman–Crippen LogP) is 1.37. The summed E-state index contributed by atoms with van der Waals surface area (Å²) in [7, 11) is -47.8. The quantitative estimate of drug-likeness (QED) is 0.0220. The number of alkyl carbamates (subject to hydrolysis) is 4. The third kappa shape index (κ3) is 40.7.